The number of pyridine rings is 1. The Bertz CT molecular complexity index is 557. The van der Waals surface area contributed by atoms with Crippen molar-refractivity contribution in [3.8, 4) is 0 Å². The van der Waals surface area contributed by atoms with E-state index < -0.39 is 0 Å². The van der Waals surface area contributed by atoms with Crippen LogP contribution in [-0.4, -0.2) is 53.5 Å². The fourth-order valence-corrected chi connectivity index (χ4v) is 4.35. The Labute approximate surface area is 162 Å². The number of aromatic nitrogens is 1. The van der Waals surface area contributed by atoms with Gasteiger partial charge in [0.25, 0.3) is 0 Å². The summed E-state index contributed by atoms with van der Waals surface area (Å²) in [5.74, 6) is 0. The maximum Gasteiger partial charge on any atom is 0.0627 e. The van der Waals surface area contributed by atoms with Crippen molar-refractivity contribution in [2.75, 3.05) is 32.7 Å². The van der Waals surface area contributed by atoms with E-state index in [2.05, 4.69) is 64.6 Å². The first-order valence-corrected chi connectivity index (χ1v) is 11.4. The molecule has 1 aromatic rings. The fourth-order valence-electron chi connectivity index (χ4n) is 3.81. The average Bonchev–Trinajstić information content (AvgIpc) is 3.17. The molecule has 3 nitrogen and oxygen atoms in total. The van der Waals surface area contributed by atoms with Crippen molar-refractivity contribution in [3.63, 3.8) is 0 Å². The first-order valence-electron chi connectivity index (χ1n) is 9.50. The molecule has 138 valence electrons. The molecule has 0 radical (unpaired) electrons. The lowest BCUT2D eigenvalue weighted by Gasteiger charge is -2.36. The summed E-state index contributed by atoms with van der Waals surface area (Å²) in [4.78, 5) is 9.86. The first-order chi connectivity index (χ1) is 12.1. The van der Waals surface area contributed by atoms with Gasteiger partial charge in [0.15, 0.2) is 0 Å². The highest BCUT2D eigenvalue weighted by Gasteiger charge is 2.25. The van der Waals surface area contributed by atoms with E-state index in [1.54, 1.807) is 10.8 Å². The quantitative estimate of drug-likeness (QED) is 0.582. The number of rotatable bonds is 6. The Kier molecular flexibility index (Phi) is 6.89. The van der Waals surface area contributed by atoms with Crippen LogP contribution in [-0.2, 0) is 4.75 Å². The van der Waals surface area contributed by atoms with Crippen LogP contribution in [0.25, 0.3) is 6.08 Å². The van der Waals surface area contributed by atoms with Gasteiger partial charge in [-0.25, -0.2) is 0 Å². The van der Waals surface area contributed by atoms with Gasteiger partial charge >= 0.3 is 0 Å². The van der Waals surface area contributed by atoms with Crippen LogP contribution in [0.3, 0.4) is 0 Å². The molecule has 2 aliphatic rings. The molecule has 0 atom stereocenters. The maximum absolute atomic E-state index is 4.58. The summed E-state index contributed by atoms with van der Waals surface area (Å²) in [7, 11) is 1.56. The van der Waals surface area contributed by atoms with Crippen LogP contribution < -0.4 is 0 Å². The topological polar surface area (TPSA) is 19.4 Å². The van der Waals surface area contributed by atoms with E-state index in [0.717, 1.165) is 18.3 Å². The SMILES string of the molecule is CC(C)(SS)c1ccc(/C=C/CN2CCC(N3CCCC3)CC2)nc1. The van der Waals surface area contributed by atoms with Gasteiger partial charge in [-0.2, -0.15) is 0 Å². The Balaban J connectivity index is 1.44. The second-order valence-electron chi connectivity index (χ2n) is 7.75. The minimum absolute atomic E-state index is 0.00195. The normalized spacial score (nSPS) is 21.4. The lowest BCUT2D eigenvalue weighted by molar-refractivity contribution is 0.135. The van der Waals surface area contributed by atoms with Crippen LogP contribution in [0.1, 0.15) is 50.8 Å². The van der Waals surface area contributed by atoms with E-state index >= 15 is 0 Å². The molecule has 0 saturated carbocycles. The molecule has 2 fully saturated rings. The lowest BCUT2D eigenvalue weighted by Crippen LogP contribution is -2.43. The van der Waals surface area contributed by atoms with Crippen LogP contribution in [0.2, 0.25) is 0 Å². The van der Waals surface area contributed by atoms with E-state index in [1.165, 1.54) is 57.4 Å². The molecule has 0 aromatic carbocycles. The van der Waals surface area contributed by atoms with Gasteiger partial charge in [0.1, 0.15) is 0 Å². The molecule has 25 heavy (non-hydrogen) atoms. The largest absolute Gasteiger partial charge is 0.300 e. The molecule has 1 aromatic heterocycles. The predicted octanol–water partition coefficient (Wildman–Crippen LogP) is 4.47. The maximum atomic E-state index is 4.58. The van der Waals surface area contributed by atoms with Gasteiger partial charge in [0.05, 0.1) is 5.69 Å². The summed E-state index contributed by atoms with van der Waals surface area (Å²) in [5, 5.41) is 0. The fraction of sp³-hybridized carbons (Fsp3) is 0.650. The third kappa shape index (κ3) is 5.25. The molecule has 3 heterocycles. The number of nitrogens with zero attached hydrogens (tertiary/aromatic N) is 3. The van der Waals surface area contributed by atoms with Crippen molar-refractivity contribution in [3.05, 3.63) is 35.7 Å². The van der Waals surface area contributed by atoms with E-state index in [-0.39, 0.29) is 4.75 Å². The van der Waals surface area contributed by atoms with Crippen LogP contribution in [0, 0.1) is 0 Å². The molecule has 5 heteroatoms. The number of piperidine rings is 1. The van der Waals surface area contributed by atoms with Gasteiger partial charge in [0, 0.05) is 23.5 Å². The summed E-state index contributed by atoms with van der Waals surface area (Å²) in [5.41, 5.74) is 2.25. The molecule has 0 N–H and O–H groups in total. The molecule has 2 saturated heterocycles. The third-order valence-corrected chi connectivity index (χ3v) is 7.64. The highest BCUT2D eigenvalue weighted by Crippen LogP contribution is 2.37. The van der Waals surface area contributed by atoms with Gasteiger partial charge in [-0.1, -0.05) is 22.9 Å². The zero-order valence-corrected chi connectivity index (χ0v) is 17.2. The van der Waals surface area contributed by atoms with Crippen LogP contribution in [0.4, 0.5) is 0 Å². The predicted molar refractivity (Wildman–Crippen MR) is 113 cm³/mol. The number of hydrogen-bond donors (Lipinski definition) is 1. The second kappa shape index (κ2) is 8.94. The van der Waals surface area contributed by atoms with Crippen molar-refractivity contribution < 1.29 is 0 Å². The molecule has 0 unspecified atom stereocenters. The highest BCUT2D eigenvalue weighted by atomic mass is 33.1. The number of thiol groups is 1. The molecule has 0 aliphatic carbocycles. The minimum Gasteiger partial charge on any atom is -0.300 e. The second-order valence-corrected chi connectivity index (χ2v) is 9.50. The van der Waals surface area contributed by atoms with Crippen LogP contribution >= 0.6 is 22.5 Å². The van der Waals surface area contributed by atoms with Crippen LogP contribution in [0.15, 0.2) is 24.4 Å². The minimum atomic E-state index is -0.00195. The van der Waals surface area contributed by atoms with Crippen molar-refractivity contribution >= 4 is 28.5 Å². The molecule has 0 bridgehead atoms. The summed E-state index contributed by atoms with van der Waals surface area (Å²) in [6.07, 6.45) is 11.9. The van der Waals surface area contributed by atoms with Crippen LogP contribution in [0.5, 0.6) is 0 Å². The number of hydrogen-bond acceptors (Lipinski definition) is 5. The standard InChI is InChI=1S/C20H31N3S2/c1-20(2,25-24)17-7-8-18(21-16-17)6-5-11-22-14-9-19(10-15-22)23-12-3-4-13-23/h5-8,16,19,24H,3-4,9-15H2,1-2H3/b6-5+. The Morgan fingerprint density at radius 1 is 1.20 bits per heavy atom. The smallest absolute Gasteiger partial charge is 0.0627 e. The molecular weight excluding hydrogens is 346 g/mol. The van der Waals surface area contributed by atoms with Gasteiger partial charge < -0.3 is 4.90 Å². The first kappa shape index (κ1) is 19.3. The number of likely N-dealkylation sites (tertiary alicyclic amines) is 2. The molecular formula is C20H31N3S2. The van der Waals surface area contributed by atoms with Gasteiger partial charge in [-0.05, 0) is 83.4 Å². The summed E-state index contributed by atoms with van der Waals surface area (Å²) >= 11 is 4.35. The van der Waals surface area contributed by atoms with Crippen molar-refractivity contribution in [2.45, 2.75) is 50.3 Å². The summed E-state index contributed by atoms with van der Waals surface area (Å²) in [6.45, 7) is 10.5. The zero-order valence-electron chi connectivity index (χ0n) is 15.5. The summed E-state index contributed by atoms with van der Waals surface area (Å²) in [6, 6.07) is 5.11. The van der Waals surface area contributed by atoms with Gasteiger partial charge in [0.2, 0.25) is 0 Å². The summed E-state index contributed by atoms with van der Waals surface area (Å²) < 4.78 is -0.00195. The van der Waals surface area contributed by atoms with Gasteiger partial charge in [-0.15, -0.1) is 11.7 Å². The van der Waals surface area contributed by atoms with E-state index in [0.29, 0.717) is 0 Å². The Morgan fingerprint density at radius 3 is 2.52 bits per heavy atom. The molecule has 3 rings (SSSR count). The third-order valence-electron chi connectivity index (χ3n) is 5.58. The average molecular weight is 378 g/mol. The zero-order chi connectivity index (χ0) is 17.7. The molecule has 2 aliphatic heterocycles. The lowest BCUT2D eigenvalue weighted by atomic mass is 10.0. The van der Waals surface area contributed by atoms with Crippen molar-refractivity contribution in [1.29, 1.82) is 0 Å². The monoisotopic (exact) mass is 377 g/mol. The Morgan fingerprint density at radius 2 is 1.92 bits per heavy atom. The van der Waals surface area contributed by atoms with E-state index in [1.807, 2.05) is 6.20 Å². The molecule has 0 amide bonds. The Hall–Kier alpha value is -0.490. The van der Waals surface area contributed by atoms with E-state index in [4.69, 9.17) is 0 Å². The highest BCUT2D eigenvalue weighted by molar-refractivity contribution is 8.68. The van der Waals surface area contributed by atoms with Gasteiger partial charge in [-0.3, -0.25) is 9.88 Å². The van der Waals surface area contributed by atoms with Crippen molar-refractivity contribution in [2.24, 2.45) is 0 Å². The molecule has 0 spiro atoms. The van der Waals surface area contributed by atoms with Crippen molar-refractivity contribution in [1.82, 2.24) is 14.8 Å². The van der Waals surface area contributed by atoms with E-state index in [9.17, 15) is 0 Å².